The van der Waals surface area contributed by atoms with Crippen LogP contribution in [0.25, 0.3) is 0 Å². The first kappa shape index (κ1) is 29.4. The van der Waals surface area contributed by atoms with Gasteiger partial charge in [-0.2, -0.15) is 0 Å². The highest BCUT2D eigenvalue weighted by Gasteiger charge is 2.40. The van der Waals surface area contributed by atoms with Crippen LogP contribution in [0.4, 0.5) is 0 Å². The molecule has 1 aliphatic heterocycles. The van der Waals surface area contributed by atoms with Crippen molar-refractivity contribution in [3.63, 3.8) is 0 Å². The molecule has 1 aromatic carbocycles. The molecule has 0 unspecified atom stereocenters. The van der Waals surface area contributed by atoms with E-state index in [2.05, 4.69) is 86.7 Å². The normalized spacial score (nSPS) is 19.3. The van der Waals surface area contributed by atoms with Crippen molar-refractivity contribution in [1.29, 1.82) is 0 Å². The van der Waals surface area contributed by atoms with E-state index in [0.29, 0.717) is 6.42 Å². The van der Waals surface area contributed by atoms with Gasteiger partial charge in [0.2, 0.25) is 8.32 Å². The molecule has 0 N–H and O–H groups in total. The van der Waals surface area contributed by atoms with Gasteiger partial charge in [0.05, 0.1) is 0 Å². The Bertz CT molecular complexity index is 949. The summed E-state index contributed by atoms with van der Waals surface area (Å²) in [7, 11) is -1.89. The molecule has 0 bridgehead atoms. The van der Waals surface area contributed by atoms with Gasteiger partial charge in [0.1, 0.15) is 23.4 Å². The van der Waals surface area contributed by atoms with Gasteiger partial charge in [0, 0.05) is 12.0 Å². The van der Waals surface area contributed by atoms with Gasteiger partial charge in [-0.15, -0.1) is 0 Å². The Morgan fingerprint density at radius 3 is 2.29 bits per heavy atom. The van der Waals surface area contributed by atoms with Gasteiger partial charge in [0.25, 0.3) is 0 Å². The number of aldehydes is 1. The molecule has 0 saturated carbocycles. The molecule has 0 spiro atoms. The van der Waals surface area contributed by atoms with Crippen molar-refractivity contribution in [3.8, 4) is 11.5 Å². The van der Waals surface area contributed by atoms with Crippen LogP contribution >= 0.6 is 0 Å². The molecule has 35 heavy (non-hydrogen) atoms. The van der Waals surface area contributed by atoms with Crippen LogP contribution < -0.4 is 9.16 Å². The standard InChI is InChI=1S/C31H50O3Si/c1-23(14-11-15-24(2)17-13-21-32)16-12-19-31(8)20-18-27-26(4)28(22-25(3)29(27)33-31)34-35(9,10)30(5,6)7/h15-16,21-22H,11-14,17-20H2,1-10H3/b23-16+,24-15+/t31-/m1/s1. The van der Waals surface area contributed by atoms with Crippen LogP contribution in [0.1, 0.15) is 103 Å². The molecule has 4 heteroatoms. The number of carbonyl (C=O) groups excluding carboxylic acids is 1. The van der Waals surface area contributed by atoms with Crippen molar-refractivity contribution in [3.05, 3.63) is 46.1 Å². The van der Waals surface area contributed by atoms with E-state index >= 15 is 0 Å². The number of fused-ring (bicyclic) bond motifs is 1. The van der Waals surface area contributed by atoms with Gasteiger partial charge >= 0.3 is 0 Å². The van der Waals surface area contributed by atoms with Crippen LogP contribution in [-0.4, -0.2) is 20.2 Å². The average Bonchev–Trinajstić information content (AvgIpc) is 2.75. The fourth-order valence-electron chi connectivity index (χ4n) is 4.43. The molecular weight excluding hydrogens is 448 g/mol. The van der Waals surface area contributed by atoms with Crippen molar-refractivity contribution in [2.75, 3.05) is 0 Å². The van der Waals surface area contributed by atoms with Crippen LogP contribution in [0.15, 0.2) is 29.4 Å². The van der Waals surface area contributed by atoms with Gasteiger partial charge in [-0.25, -0.2) is 0 Å². The second-order valence-electron chi connectivity index (χ2n) is 12.4. The Morgan fingerprint density at radius 1 is 1.09 bits per heavy atom. The number of hydrogen-bond acceptors (Lipinski definition) is 3. The molecule has 3 nitrogen and oxygen atoms in total. The third-order valence-electron chi connectivity index (χ3n) is 8.08. The first-order valence-electron chi connectivity index (χ1n) is 13.4. The molecule has 196 valence electrons. The van der Waals surface area contributed by atoms with E-state index in [-0.39, 0.29) is 10.6 Å². The van der Waals surface area contributed by atoms with Gasteiger partial charge in [-0.3, -0.25) is 0 Å². The summed E-state index contributed by atoms with van der Waals surface area (Å²) >= 11 is 0. The average molecular weight is 499 g/mol. The number of carbonyl (C=O) groups is 1. The minimum Gasteiger partial charge on any atom is -0.543 e. The minimum atomic E-state index is -1.89. The Kier molecular flexibility index (Phi) is 10.0. The van der Waals surface area contributed by atoms with E-state index in [1.54, 1.807) is 0 Å². The number of rotatable bonds is 11. The molecule has 0 radical (unpaired) electrons. The Balaban J connectivity index is 2.03. The number of hydrogen-bond donors (Lipinski definition) is 0. The summed E-state index contributed by atoms with van der Waals surface area (Å²) in [6, 6.07) is 2.20. The number of benzene rings is 1. The molecule has 2 rings (SSSR count). The highest BCUT2D eigenvalue weighted by Crippen LogP contribution is 2.45. The van der Waals surface area contributed by atoms with Crippen molar-refractivity contribution in [2.24, 2.45) is 0 Å². The predicted octanol–water partition coefficient (Wildman–Crippen LogP) is 9.20. The van der Waals surface area contributed by atoms with Gasteiger partial charge in [-0.1, -0.05) is 44.1 Å². The quantitative estimate of drug-likeness (QED) is 0.173. The van der Waals surface area contributed by atoms with Crippen molar-refractivity contribution in [1.82, 2.24) is 0 Å². The summed E-state index contributed by atoms with van der Waals surface area (Å²) in [6.45, 7) is 22.5. The first-order chi connectivity index (χ1) is 16.2. The van der Waals surface area contributed by atoms with Crippen molar-refractivity contribution >= 4 is 14.6 Å². The molecule has 1 atom stereocenters. The van der Waals surface area contributed by atoms with Crippen molar-refractivity contribution in [2.45, 2.75) is 130 Å². The Morgan fingerprint density at radius 2 is 1.69 bits per heavy atom. The minimum absolute atomic E-state index is 0.131. The largest absolute Gasteiger partial charge is 0.543 e. The van der Waals surface area contributed by atoms with E-state index in [0.717, 1.165) is 62.7 Å². The number of aryl methyl sites for hydroxylation is 1. The predicted molar refractivity (Wildman–Crippen MR) is 152 cm³/mol. The van der Waals surface area contributed by atoms with E-state index in [9.17, 15) is 4.79 Å². The lowest BCUT2D eigenvalue weighted by atomic mass is 9.86. The maximum absolute atomic E-state index is 10.5. The Hall–Kier alpha value is -1.81. The van der Waals surface area contributed by atoms with Crippen LogP contribution in [0.2, 0.25) is 18.1 Å². The zero-order valence-corrected chi connectivity index (χ0v) is 25.2. The summed E-state index contributed by atoms with van der Waals surface area (Å²) in [5, 5.41) is 0.176. The van der Waals surface area contributed by atoms with E-state index < -0.39 is 8.32 Å². The lowest BCUT2D eigenvalue weighted by Crippen LogP contribution is -2.44. The lowest BCUT2D eigenvalue weighted by molar-refractivity contribution is -0.107. The second-order valence-corrected chi connectivity index (χ2v) is 17.1. The molecule has 1 heterocycles. The molecule has 0 amide bonds. The zero-order valence-electron chi connectivity index (χ0n) is 24.2. The highest BCUT2D eigenvalue weighted by molar-refractivity contribution is 6.74. The number of ether oxygens (including phenoxy) is 1. The number of allylic oxidation sites excluding steroid dienone is 4. The first-order valence-corrected chi connectivity index (χ1v) is 16.4. The molecule has 0 fully saturated rings. The second kappa shape index (κ2) is 11.9. The third kappa shape index (κ3) is 8.10. The maximum Gasteiger partial charge on any atom is 0.250 e. The monoisotopic (exact) mass is 498 g/mol. The summed E-state index contributed by atoms with van der Waals surface area (Å²) < 4.78 is 13.4. The highest BCUT2D eigenvalue weighted by atomic mass is 28.4. The van der Waals surface area contributed by atoms with Crippen molar-refractivity contribution < 1.29 is 14.0 Å². The summed E-state index contributed by atoms with van der Waals surface area (Å²) in [4.78, 5) is 10.5. The fourth-order valence-corrected chi connectivity index (χ4v) is 5.50. The topological polar surface area (TPSA) is 35.5 Å². The zero-order chi connectivity index (χ0) is 26.4. The lowest BCUT2D eigenvalue weighted by Gasteiger charge is -2.40. The van der Waals surface area contributed by atoms with Gasteiger partial charge in [-0.05, 0) is 115 Å². The van der Waals surface area contributed by atoms with Crippen LogP contribution in [0, 0.1) is 13.8 Å². The Labute approximate surface area is 216 Å². The third-order valence-corrected chi connectivity index (χ3v) is 12.4. The molecule has 0 aliphatic carbocycles. The van der Waals surface area contributed by atoms with Crippen LogP contribution in [0.3, 0.4) is 0 Å². The molecular formula is C31H50O3Si. The SMILES string of the molecule is C/C(=C\CC/C(C)=C/CC[C@]1(C)CCc2c(C)c(O[Si](C)(C)C(C)(C)C)cc(C)c2O1)CCC=O. The molecule has 0 saturated heterocycles. The van der Waals surface area contributed by atoms with E-state index in [1.165, 1.54) is 27.8 Å². The van der Waals surface area contributed by atoms with Gasteiger partial charge in [0.15, 0.2) is 0 Å². The maximum atomic E-state index is 10.5. The smallest absolute Gasteiger partial charge is 0.250 e. The molecule has 0 aromatic heterocycles. The van der Waals surface area contributed by atoms with Crippen LogP contribution in [-0.2, 0) is 11.2 Å². The summed E-state index contributed by atoms with van der Waals surface area (Å²) in [5.41, 5.74) is 6.39. The fraction of sp³-hybridized carbons (Fsp3) is 0.645. The van der Waals surface area contributed by atoms with Crippen LogP contribution in [0.5, 0.6) is 11.5 Å². The molecule has 1 aromatic rings. The van der Waals surface area contributed by atoms with E-state index in [4.69, 9.17) is 9.16 Å². The molecule has 1 aliphatic rings. The summed E-state index contributed by atoms with van der Waals surface area (Å²) in [6.07, 6.45) is 13.4. The summed E-state index contributed by atoms with van der Waals surface area (Å²) in [5.74, 6) is 2.13. The van der Waals surface area contributed by atoms with E-state index in [1.807, 2.05) is 0 Å². The van der Waals surface area contributed by atoms with Gasteiger partial charge < -0.3 is 14.0 Å².